The molecule has 0 heterocycles. The van der Waals surface area contributed by atoms with Crippen LogP contribution in [-0.4, -0.2) is 5.97 Å². The minimum absolute atomic E-state index is 0.388. The van der Waals surface area contributed by atoms with E-state index in [0.717, 1.165) is 24.0 Å². The molecule has 4 rings (SSSR count). The van der Waals surface area contributed by atoms with Gasteiger partial charge in [-0.05, 0) is 76.6 Å². The molecule has 0 N–H and O–H groups in total. The number of rotatable bonds is 8. The Balaban J connectivity index is 1.51. The molecule has 178 valence electrons. The summed E-state index contributed by atoms with van der Waals surface area (Å²) in [6.07, 6.45) is 1.43. The van der Waals surface area contributed by atoms with Crippen molar-refractivity contribution in [2.24, 2.45) is 5.92 Å². The summed E-state index contributed by atoms with van der Waals surface area (Å²) >= 11 is 0. The second kappa shape index (κ2) is 11.1. The molecule has 0 fully saturated rings. The molecule has 0 aliphatic carbocycles. The molecule has 4 aromatic rings. The fourth-order valence-corrected chi connectivity index (χ4v) is 3.96. The zero-order valence-corrected chi connectivity index (χ0v) is 19.9. The summed E-state index contributed by atoms with van der Waals surface area (Å²) in [6.45, 7) is 4.45. The Morgan fingerprint density at radius 1 is 0.714 bits per heavy atom. The number of hydrogen-bond acceptors (Lipinski definition) is 2. The second-order valence-electron chi connectivity index (χ2n) is 8.88. The highest BCUT2D eigenvalue weighted by Gasteiger charge is 2.20. The molecule has 35 heavy (non-hydrogen) atoms. The summed E-state index contributed by atoms with van der Waals surface area (Å²) in [5.74, 6) is -0.637. The number of benzene rings is 4. The van der Waals surface area contributed by atoms with Crippen LogP contribution in [0.25, 0.3) is 11.1 Å². The smallest absolute Gasteiger partial charge is 0.339 e. The number of halogens is 2. The molecule has 0 aromatic heterocycles. The minimum atomic E-state index is -0.790. The van der Waals surface area contributed by atoms with Gasteiger partial charge < -0.3 is 4.74 Å². The highest BCUT2D eigenvalue weighted by molar-refractivity contribution is 5.90. The van der Waals surface area contributed by atoms with Crippen molar-refractivity contribution in [3.8, 4) is 11.1 Å². The van der Waals surface area contributed by atoms with Crippen LogP contribution in [-0.2, 0) is 11.2 Å². The van der Waals surface area contributed by atoms with Gasteiger partial charge >= 0.3 is 5.97 Å². The lowest BCUT2D eigenvalue weighted by molar-refractivity contribution is 0.0378. The third-order valence-electron chi connectivity index (χ3n) is 6.26. The van der Waals surface area contributed by atoms with Gasteiger partial charge in [-0.25, -0.2) is 13.6 Å². The highest BCUT2D eigenvalue weighted by Crippen LogP contribution is 2.28. The van der Waals surface area contributed by atoms with E-state index in [1.54, 1.807) is 36.4 Å². The fourth-order valence-electron chi connectivity index (χ4n) is 3.96. The lowest BCUT2D eigenvalue weighted by Crippen LogP contribution is -2.13. The van der Waals surface area contributed by atoms with Crippen molar-refractivity contribution >= 4 is 5.97 Å². The molecular weight excluding hydrogens is 442 g/mol. The molecule has 0 aliphatic rings. The normalized spacial score (nSPS) is 11.9. The lowest BCUT2D eigenvalue weighted by atomic mass is 9.96. The van der Waals surface area contributed by atoms with Crippen LogP contribution in [0.3, 0.4) is 0 Å². The predicted octanol–water partition coefficient (Wildman–Crippen LogP) is 8.17. The summed E-state index contributed by atoms with van der Waals surface area (Å²) in [5.41, 5.74) is 4.99. The first kappa shape index (κ1) is 24.3. The van der Waals surface area contributed by atoms with Crippen LogP contribution in [0.2, 0.25) is 0 Å². The molecule has 0 bridgehead atoms. The van der Waals surface area contributed by atoms with E-state index in [2.05, 4.69) is 38.1 Å². The van der Waals surface area contributed by atoms with Crippen molar-refractivity contribution in [3.05, 3.63) is 131 Å². The average Bonchev–Trinajstić information content (AvgIpc) is 2.89. The average molecular weight is 471 g/mol. The van der Waals surface area contributed by atoms with Crippen LogP contribution in [0.1, 0.15) is 53.4 Å². The molecule has 4 aromatic carbocycles. The van der Waals surface area contributed by atoms with Gasteiger partial charge in [-0.2, -0.15) is 0 Å². The lowest BCUT2D eigenvalue weighted by Gasteiger charge is -2.19. The molecule has 0 saturated carbocycles. The van der Waals surface area contributed by atoms with E-state index in [0.29, 0.717) is 22.6 Å². The number of esters is 1. The van der Waals surface area contributed by atoms with Gasteiger partial charge in [0.1, 0.15) is 11.6 Å². The summed E-state index contributed by atoms with van der Waals surface area (Å²) in [7, 11) is 0. The number of carbonyl (C=O) groups is 1. The van der Waals surface area contributed by atoms with Crippen LogP contribution in [0, 0.1) is 17.6 Å². The van der Waals surface area contributed by atoms with Crippen molar-refractivity contribution in [1.29, 1.82) is 0 Å². The Morgan fingerprint density at radius 2 is 1.17 bits per heavy atom. The van der Waals surface area contributed by atoms with Crippen LogP contribution in [0.5, 0.6) is 0 Å². The van der Waals surface area contributed by atoms with E-state index in [4.69, 9.17) is 4.74 Å². The third-order valence-corrected chi connectivity index (χ3v) is 6.26. The maximum absolute atomic E-state index is 13.4. The van der Waals surface area contributed by atoms with Gasteiger partial charge in [-0.1, -0.05) is 80.9 Å². The van der Waals surface area contributed by atoms with Crippen molar-refractivity contribution in [3.63, 3.8) is 0 Å². The number of hydrogen-bond donors (Lipinski definition) is 0. The van der Waals surface area contributed by atoms with Gasteiger partial charge in [0, 0.05) is 0 Å². The number of ether oxygens (including phenoxy) is 1. The third kappa shape index (κ3) is 6.21. The van der Waals surface area contributed by atoms with Crippen LogP contribution < -0.4 is 0 Å². The Labute approximate surface area is 205 Å². The van der Waals surface area contributed by atoms with E-state index in [9.17, 15) is 13.6 Å². The summed E-state index contributed by atoms with van der Waals surface area (Å²) in [5, 5.41) is 0. The second-order valence-corrected chi connectivity index (χ2v) is 8.88. The van der Waals surface area contributed by atoms with Crippen molar-refractivity contribution < 1.29 is 18.3 Å². The fraction of sp³-hybridized carbons (Fsp3) is 0.194. The van der Waals surface area contributed by atoms with Gasteiger partial charge in [0.2, 0.25) is 0 Å². The molecule has 1 atom stereocenters. The first-order valence-corrected chi connectivity index (χ1v) is 11.8. The van der Waals surface area contributed by atoms with Crippen molar-refractivity contribution in [2.75, 3.05) is 0 Å². The zero-order valence-electron chi connectivity index (χ0n) is 19.9. The number of carbonyl (C=O) groups excluding carboxylic acids is 1. The monoisotopic (exact) mass is 470 g/mol. The maximum Gasteiger partial charge on any atom is 0.339 e. The molecule has 0 saturated heterocycles. The standard InChI is InChI=1S/C31H28F2O2/c1-3-21(2)20-22-4-6-23(7-5-22)24-8-10-27(11-9-24)31(34)35-30(25-12-16-28(32)17-13-25)26-14-18-29(33)19-15-26/h4-19,21,30H,3,20H2,1-2H3. The predicted molar refractivity (Wildman–Crippen MR) is 135 cm³/mol. The van der Waals surface area contributed by atoms with E-state index < -0.39 is 12.1 Å². The first-order valence-electron chi connectivity index (χ1n) is 11.8. The van der Waals surface area contributed by atoms with Crippen LogP contribution >= 0.6 is 0 Å². The van der Waals surface area contributed by atoms with Crippen molar-refractivity contribution in [2.45, 2.75) is 32.8 Å². The molecule has 0 spiro atoms. The highest BCUT2D eigenvalue weighted by atomic mass is 19.1. The molecule has 0 aliphatic heterocycles. The van der Waals surface area contributed by atoms with Crippen LogP contribution in [0.15, 0.2) is 97.1 Å². The molecule has 2 nitrogen and oxygen atoms in total. The minimum Gasteiger partial charge on any atom is -0.449 e. The molecule has 0 radical (unpaired) electrons. The van der Waals surface area contributed by atoms with Gasteiger partial charge in [0.05, 0.1) is 5.56 Å². The summed E-state index contributed by atoms with van der Waals surface area (Å²) in [4.78, 5) is 13.0. The van der Waals surface area contributed by atoms with Gasteiger partial charge in [0.15, 0.2) is 6.10 Å². The topological polar surface area (TPSA) is 26.3 Å². The Bertz CT molecular complexity index is 1200. The van der Waals surface area contributed by atoms with Crippen LogP contribution in [0.4, 0.5) is 8.78 Å². The zero-order chi connectivity index (χ0) is 24.8. The largest absolute Gasteiger partial charge is 0.449 e. The van der Waals surface area contributed by atoms with Gasteiger partial charge in [0.25, 0.3) is 0 Å². The van der Waals surface area contributed by atoms with E-state index in [1.807, 2.05) is 12.1 Å². The maximum atomic E-state index is 13.4. The van der Waals surface area contributed by atoms with Crippen molar-refractivity contribution in [1.82, 2.24) is 0 Å². The first-order chi connectivity index (χ1) is 16.9. The Kier molecular flexibility index (Phi) is 7.71. The molecule has 0 amide bonds. The van der Waals surface area contributed by atoms with E-state index >= 15 is 0 Å². The van der Waals surface area contributed by atoms with Gasteiger partial charge in [-0.3, -0.25) is 0 Å². The SMILES string of the molecule is CCC(C)Cc1ccc(-c2ccc(C(=O)OC(c3ccc(F)cc3)c3ccc(F)cc3)cc2)cc1. The van der Waals surface area contributed by atoms with Gasteiger partial charge in [-0.15, -0.1) is 0 Å². The Hall–Kier alpha value is -3.79. The summed E-state index contributed by atoms with van der Waals surface area (Å²) < 4.78 is 32.7. The molecular formula is C31H28F2O2. The van der Waals surface area contributed by atoms with E-state index in [1.165, 1.54) is 29.8 Å². The molecule has 1 unspecified atom stereocenters. The summed E-state index contributed by atoms with van der Waals surface area (Å²) in [6, 6.07) is 27.2. The Morgan fingerprint density at radius 3 is 1.63 bits per heavy atom. The molecule has 4 heteroatoms. The van der Waals surface area contributed by atoms with E-state index in [-0.39, 0.29) is 11.6 Å². The quantitative estimate of drug-likeness (QED) is 0.243.